The monoisotopic (exact) mass is 211 g/mol. The van der Waals surface area contributed by atoms with Crippen molar-refractivity contribution in [3.8, 4) is 0 Å². The van der Waals surface area contributed by atoms with E-state index in [9.17, 15) is 0 Å². The van der Waals surface area contributed by atoms with Gasteiger partial charge >= 0.3 is 0 Å². The maximum atomic E-state index is 2.39. The third-order valence-electron chi connectivity index (χ3n) is 0.528. The van der Waals surface area contributed by atoms with E-state index < -0.39 is 0 Å². The van der Waals surface area contributed by atoms with Crippen LogP contribution in [0.2, 0.25) is 0 Å². The summed E-state index contributed by atoms with van der Waals surface area (Å²) in [7, 11) is 0.436. The van der Waals surface area contributed by atoms with Gasteiger partial charge in [0.2, 0.25) is 0 Å². The van der Waals surface area contributed by atoms with Crippen molar-refractivity contribution in [1.82, 2.24) is 0 Å². The largest absolute Gasteiger partial charge is 0.287 e. The third-order valence-corrected chi connectivity index (χ3v) is 3.12. The Morgan fingerprint density at radius 1 is 1.17 bits per heavy atom. The zero-order valence-electron chi connectivity index (χ0n) is 3.10. The Kier molecular flexibility index (Phi) is 1.48. The molecule has 1 aromatic rings. The molecule has 0 aliphatic rings. The van der Waals surface area contributed by atoms with Crippen LogP contribution in [0.15, 0.2) is 22.9 Å². The van der Waals surface area contributed by atoms with Crippen LogP contribution in [0.25, 0.3) is 0 Å². The predicted octanol–water partition coefficient (Wildman–Crippen LogP) is 2.63. The van der Waals surface area contributed by atoms with E-state index >= 15 is 0 Å². The normalized spacial score (nSPS) is 8.83. The molecule has 6 heavy (non-hydrogen) atoms. The Labute approximate surface area is 51.7 Å². The molecule has 0 atom stereocenters. The highest BCUT2D eigenvalue weighted by Gasteiger charge is 1.88. The van der Waals surface area contributed by atoms with Crippen molar-refractivity contribution >= 4 is 28.8 Å². The molecule has 0 saturated carbocycles. The van der Waals surface area contributed by atoms with Crippen molar-refractivity contribution in [3.05, 3.63) is 22.9 Å². The van der Waals surface area contributed by atoms with E-state index in [0.717, 1.165) is 0 Å². The Morgan fingerprint density at radius 2 is 1.67 bits per heavy atom. The molecule has 0 spiro atoms. The zero-order valence-corrected chi connectivity index (χ0v) is 6.07. The van der Waals surface area contributed by atoms with Gasteiger partial charge in [-0.2, -0.15) is 0 Å². The minimum atomic E-state index is 0.436. The first kappa shape index (κ1) is 4.59. The molecule has 2 heteroatoms. The van der Waals surface area contributed by atoms with Crippen molar-refractivity contribution in [2.24, 2.45) is 0 Å². The molecule has 32 valence electrons. The van der Waals surface area contributed by atoms with Gasteiger partial charge in [0.15, 0.2) is 0 Å². The predicted molar refractivity (Wildman–Crippen MR) is 38.3 cm³/mol. The zero-order chi connectivity index (χ0) is 4.41. The highest BCUT2D eigenvalue weighted by molar-refractivity contribution is 14.2. The first-order valence-electron chi connectivity index (χ1n) is 1.63. The fraction of sp³-hybridized carbons (Fsp3) is 0. The fourth-order valence-corrected chi connectivity index (χ4v) is 1.88. The van der Waals surface area contributed by atoms with Crippen molar-refractivity contribution in [3.63, 3.8) is 0 Å². The second-order valence-corrected chi connectivity index (χ2v) is 5.20. The summed E-state index contributed by atoms with van der Waals surface area (Å²) in [5.74, 6) is 0. The average molecular weight is 211 g/mol. The quantitative estimate of drug-likeness (QED) is 0.457. The van der Waals surface area contributed by atoms with Crippen LogP contribution in [0.1, 0.15) is 0 Å². The van der Waals surface area contributed by atoms with Crippen molar-refractivity contribution in [2.75, 3.05) is 0 Å². The third kappa shape index (κ3) is 0.944. The summed E-state index contributed by atoms with van der Waals surface area (Å²) in [5, 5.41) is 4.36. The van der Waals surface area contributed by atoms with Gasteiger partial charge in [0.05, 0.1) is 0 Å². The van der Waals surface area contributed by atoms with E-state index in [0.29, 0.717) is 7.64 Å². The van der Waals surface area contributed by atoms with Crippen LogP contribution in [-0.4, -0.2) is 0 Å². The second-order valence-electron chi connectivity index (χ2n) is 0.971. The molecule has 1 rings (SSSR count). The van der Waals surface area contributed by atoms with Gasteiger partial charge in [-0.1, -0.05) is 0 Å². The summed E-state index contributed by atoms with van der Waals surface area (Å²) in [6, 6.07) is 4.16. The SMILES string of the molecule is I[s+]1cccc1. The average Bonchev–Trinajstić information content (AvgIpc) is 1.86. The number of thiophene rings is 1. The highest BCUT2D eigenvalue weighted by Crippen LogP contribution is 2.23. The van der Waals surface area contributed by atoms with E-state index in [-0.39, 0.29) is 0 Å². The van der Waals surface area contributed by atoms with E-state index in [1.165, 1.54) is 0 Å². The minimum Gasteiger partial charge on any atom is -0.00450 e. The van der Waals surface area contributed by atoms with E-state index in [1.54, 1.807) is 0 Å². The molecule has 1 aromatic heterocycles. The number of hydrogen-bond donors (Lipinski definition) is 0. The van der Waals surface area contributed by atoms with Crippen LogP contribution in [0.4, 0.5) is 0 Å². The van der Waals surface area contributed by atoms with Crippen molar-refractivity contribution in [2.45, 2.75) is 0 Å². The molecule has 0 unspecified atom stereocenters. The Hall–Kier alpha value is 0.430. The number of hydrogen-bond acceptors (Lipinski definition) is 0. The number of halogens is 1. The Morgan fingerprint density at radius 3 is 1.83 bits per heavy atom. The highest BCUT2D eigenvalue weighted by atomic mass is 127. The minimum absolute atomic E-state index is 0.436. The summed E-state index contributed by atoms with van der Waals surface area (Å²) in [6.07, 6.45) is 0. The summed E-state index contributed by atoms with van der Waals surface area (Å²) < 4.78 is 0. The van der Waals surface area contributed by atoms with Gasteiger partial charge in [0.1, 0.15) is 10.8 Å². The van der Waals surface area contributed by atoms with Crippen LogP contribution < -0.4 is 0 Å². The molecule has 0 bridgehead atoms. The van der Waals surface area contributed by atoms with Gasteiger partial charge in [0.25, 0.3) is 21.2 Å². The van der Waals surface area contributed by atoms with Crippen molar-refractivity contribution < 1.29 is 0 Å². The summed E-state index contributed by atoms with van der Waals surface area (Å²) in [4.78, 5) is 0. The maximum absolute atomic E-state index is 2.39. The molecule has 0 amide bonds. The maximum Gasteiger partial charge on any atom is 0.287 e. The van der Waals surface area contributed by atoms with Crippen LogP contribution in [0.3, 0.4) is 0 Å². The van der Waals surface area contributed by atoms with Crippen LogP contribution in [-0.2, 0) is 0 Å². The van der Waals surface area contributed by atoms with Crippen LogP contribution in [0, 0.1) is 0 Å². The molecule has 0 fully saturated rings. The van der Waals surface area contributed by atoms with Gasteiger partial charge in [0, 0.05) is 7.64 Å². The molecule has 0 nitrogen and oxygen atoms in total. The van der Waals surface area contributed by atoms with Gasteiger partial charge in [-0.25, -0.2) is 0 Å². The molecule has 0 aromatic carbocycles. The smallest absolute Gasteiger partial charge is 0.00450 e. The molecule has 0 radical (unpaired) electrons. The molecular weight excluding hydrogens is 207 g/mol. The summed E-state index contributed by atoms with van der Waals surface area (Å²) >= 11 is 2.39. The van der Waals surface area contributed by atoms with Crippen LogP contribution in [0.5, 0.6) is 0 Å². The first-order chi connectivity index (χ1) is 2.89. The molecule has 1 heterocycles. The van der Waals surface area contributed by atoms with E-state index in [2.05, 4.69) is 44.1 Å². The molecular formula is C4H4IS+. The van der Waals surface area contributed by atoms with Crippen molar-refractivity contribution in [1.29, 1.82) is 0 Å². The lowest BCUT2D eigenvalue weighted by atomic mass is 10.7. The van der Waals surface area contributed by atoms with Gasteiger partial charge in [-0.15, -0.1) is 0 Å². The lowest BCUT2D eigenvalue weighted by molar-refractivity contribution is 2.03. The molecule has 0 aliphatic carbocycles. The first-order valence-corrected chi connectivity index (χ1v) is 5.52. The molecule has 0 N–H and O–H groups in total. The van der Waals surface area contributed by atoms with Gasteiger partial charge in [-0.05, 0) is 12.1 Å². The van der Waals surface area contributed by atoms with Gasteiger partial charge in [-0.3, -0.25) is 0 Å². The standard InChI is InChI=1S/C4H4IS/c5-6-3-1-2-4-6/h1-4H/q+1. The molecule has 0 aliphatic heterocycles. The second kappa shape index (κ2) is 1.93. The van der Waals surface area contributed by atoms with Crippen LogP contribution >= 0.6 is 28.8 Å². The van der Waals surface area contributed by atoms with Gasteiger partial charge < -0.3 is 0 Å². The summed E-state index contributed by atoms with van der Waals surface area (Å²) in [6.45, 7) is 0. The summed E-state index contributed by atoms with van der Waals surface area (Å²) in [5.41, 5.74) is 0. The lowest BCUT2D eigenvalue weighted by Gasteiger charge is -1.50. The Balaban J connectivity index is 3.05. The van der Waals surface area contributed by atoms with E-state index in [4.69, 9.17) is 0 Å². The topological polar surface area (TPSA) is 0 Å². The Bertz CT molecular complexity index is 111. The lowest BCUT2D eigenvalue weighted by Crippen LogP contribution is -1.17. The molecule has 0 saturated heterocycles. The fourth-order valence-electron chi connectivity index (χ4n) is 0.286. The van der Waals surface area contributed by atoms with E-state index in [1.807, 2.05) is 0 Å². The number of rotatable bonds is 0.